The number of hydrogen-bond donors (Lipinski definition) is 1. The van der Waals surface area contributed by atoms with Gasteiger partial charge in [-0.3, -0.25) is 14.4 Å². The highest BCUT2D eigenvalue weighted by Gasteiger charge is 2.38. The van der Waals surface area contributed by atoms with Crippen molar-refractivity contribution < 1.29 is 9.59 Å². The molecule has 0 spiro atoms. The zero-order valence-electron chi connectivity index (χ0n) is 14.8. The van der Waals surface area contributed by atoms with Crippen LogP contribution in [-0.4, -0.2) is 51.9 Å². The lowest BCUT2D eigenvalue weighted by Gasteiger charge is -2.37. The highest BCUT2D eigenvalue weighted by Crippen LogP contribution is 2.30. The van der Waals surface area contributed by atoms with Crippen LogP contribution in [0, 0.1) is 11.8 Å². The number of anilines is 1. The van der Waals surface area contributed by atoms with Crippen LogP contribution < -0.4 is 16.2 Å². The maximum Gasteiger partial charge on any atom is 0.293 e. The van der Waals surface area contributed by atoms with Gasteiger partial charge in [-0.2, -0.15) is 0 Å². The molecule has 2 aliphatic heterocycles. The van der Waals surface area contributed by atoms with E-state index in [0.717, 1.165) is 19.4 Å². The van der Waals surface area contributed by atoms with Crippen LogP contribution in [0.3, 0.4) is 0 Å². The van der Waals surface area contributed by atoms with E-state index in [1.54, 1.807) is 21.9 Å². The predicted molar refractivity (Wildman–Crippen MR) is 95.5 cm³/mol. The normalized spacial score (nSPS) is 24.3. The van der Waals surface area contributed by atoms with Crippen LogP contribution in [0.4, 0.5) is 5.82 Å². The molecule has 2 N–H and O–H groups in total. The van der Waals surface area contributed by atoms with Crippen molar-refractivity contribution >= 4 is 17.6 Å². The Morgan fingerprint density at radius 2 is 1.92 bits per heavy atom. The fourth-order valence-corrected chi connectivity index (χ4v) is 4.04. The van der Waals surface area contributed by atoms with Crippen LogP contribution in [0.5, 0.6) is 0 Å². The second-order valence-electron chi connectivity index (χ2n) is 7.72. The second kappa shape index (κ2) is 6.74. The fraction of sp³-hybridized carbons (Fsp3) is 0.667. The Bertz CT molecular complexity index is 764. The van der Waals surface area contributed by atoms with E-state index < -0.39 is 5.91 Å². The summed E-state index contributed by atoms with van der Waals surface area (Å²) in [4.78, 5) is 44.4. The largest absolute Gasteiger partial charge is 0.369 e. The third kappa shape index (κ3) is 3.32. The molecule has 8 heteroatoms. The van der Waals surface area contributed by atoms with E-state index in [2.05, 4.69) is 4.98 Å². The van der Waals surface area contributed by atoms with Crippen LogP contribution in [0.15, 0.2) is 17.2 Å². The lowest BCUT2D eigenvalue weighted by atomic mass is 10.0. The summed E-state index contributed by atoms with van der Waals surface area (Å²) in [7, 11) is 0. The van der Waals surface area contributed by atoms with Gasteiger partial charge in [-0.15, -0.1) is 0 Å². The maximum absolute atomic E-state index is 12.7. The zero-order valence-corrected chi connectivity index (χ0v) is 14.8. The lowest BCUT2D eigenvalue weighted by Crippen LogP contribution is -2.47. The molecule has 26 heavy (non-hydrogen) atoms. The molecular weight excluding hydrogens is 334 g/mol. The molecule has 1 aromatic rings. The zero-order chi connectivity index (χ0) is 18.3. The number of nitrogens with two attached hydrogens (primary N) is 1. The summed E-state index contributed by atoms with van der Waals surface area (Å²) >= 11 is 0. The molecule has 8 nitrogen and oxygen atoms in total. The molecule has 0 aromatic carbocycles. The number of primary amides is 1. The molecule has 1 atom stereocenters. The van der Waals surface area contributed by atoms with Gasteiger partial charge in [0.05, 0.1) is 5.92 Å². The average Bonchev–Trinajstić information content (AvgIpc) is 3.36. The van der Waals surface area contributed by atoms with Crippen molar-refractivity contribution in [3.05, 3.63) is 22.7 Å². The summed E-state index contributed by atoms with van der Waals surface area (Å²) in [6, 6.07) is 0.112. The van der Waals surface area contributed by atoms with E-state index in [0.29, 0.717) is 31.4 Å². The number of amides is 2. The molecule has 1 unspecified atom stereocenters. The summed E-state index contributed by atoms with van der Waals surface area (Å²) in [6.45, 7) is 2.58. The van der Waals surface area contributed by atoms with E-state index in [-0.39, 0.29) is 29.8 Å². The molecule has 3 fully saturated rings. The van der Waals surface area contributed by atoms with E-state index >= 15 is 0 Å². The van der Waals surface area contributed by atoms with Crippen LogP contribution in [-0.2, 0) is 16.1 Å². The van der Waals surface area contributed by atoms with Gasteiger partial charge >= 0.3 is 0 Å². The van der Waals surface area contributed by atoms with Gasteiger partial charge in [-0.05, 0) is 31.6 Å². The summed E-state index contributed by atoms with van der Waals surface area (Å²) in [5, 5.41) is 0. The van der Waals surface area contributed by atoms with Gasteiger partial charge in [0.25, 0.3) is 5.56 Å². The van der Waals surface area contributed by atoms with Crippen molar-refractivity contribution in [2.45, 2.75) is 44.7 Å². The van der Waals surface area contributed by atoms with Gasteiger partial charge in [0.1, 0.15) is 0 Å². The van der Waals surface area contributed by atoms with Crippen molar-refractivity contribution in [1.29, 1.82) is 0 Å². The Kier molecular flexibility index (Phi) is 4.42. The van der Waals surface area contributed by atoms with Crippen molar-refractivity contribution in [2.24, 2.45) is 17.6 Å². The number of nitrogens with zero attached hydrogens (tertiary/aromatic N) is 4. The monoisotopic (exact) mass is 359 g/mol. The number of carbonyl (C=O) groups excluding carboxylic acids is 2. The first kappa shape index (κ1) is 17.1. The van der Waals surface area contributed by atoms with Crippen molar-refractivity contribution in [2.75, 3.05) is 24.5 Å². The summed E-state index contributed by atoms with van der Waals surface area (Å²) in [5.41, 5.74) is 5.32. The quantitative estimate of drug-likeness (QED) is 0.795. The first-order valence-electron chi connectivity index (χ1n) is 9.42. The highest BCUT2D eigenvalue weighted by molar-refractivity contribution is 5.88. The van der Waals surface area contributed by atoms with Crippen molar-refractivity contribution in [3.8, 4) is 0 Å². The van der Waals surface area contributed by atoms with Gasteiger partial charge in [0.15, 0.2) is 5.82 Å². The summed E-state index contributed by atoms with van der Waals surface area (Å²) < 4.78 is 1.77. The summed E-state index contributed by atoms with van der Waals surface area (Å²) in [5.74, 6) is 0.383. The second-order valence-corrected chi connectivity index (χ2v) is 7.72. The fourth-order valence-electron chi connectivity index (χ4n) is 4.04. The van der Waals surface area contributed by atoms with E-state index in [4.69, 9.17) is 5.73 Å². The number of rotatable bonds is 5. The highest BCUT2D eigenvalue weighted by atomic mass is 16.2. The van der Waals surface area contributed by atoms with E-state index in [1.165, 1.54) is 12.8 Å². The van der Waals surface area contributed by atoms with Crippen molar-refractivity contribution in [3.63, 3.8) is 0 Å². The minimum atomic E-state index is -0.400. The van der Waals surface area contributed by atoms with Crippen LogP contribution in [0.25, 0.3) is 0 Å². The van der Waals surface area contributed by atoms with Gasteiger partial charge in [-0.25, -0.2) is 4.98 Å². The Labute approximate surface area is 152 Å². The molecule has 3 heterocycles. The van der Waals surface area contributed by atoms with Crippen molar-refractivity contribution in [1.82, 2.24) is 14.5 Å². The molecule has 1 aliphatic carbocycles. The standard InChI is InChI=1S/C18H25N5O3/c19-16(25)13-9-15(24)23(11-13)14-3-6-21(7-4-14)17-18(26)22(8-5-20-17)10-12-1-2-12/h5,8,12-14H,1-4,6-7,9-11H2,(H2,19,25). The minimum Gasteiger partial charge on any atom is -0.369 e. The number of likely N-dealkylation sites (tertiary alicyclic amines) is 1. The number of hydrogen-bond acceptors (Lipinski definition) is 5. The minimum absolute atomic E-state index is 0.0110. The molecule has 4 rings (SSSR count). The van der Waals surface area contributed by atoms with Crippen LogP contribution >= 0.6 is 0 Å². The molecular formula is C18H25N5O3. The first-order valence-corrected chi connectivity index (χ1v) is 9.42. The molecule has 3 aliphatic rings. The molecule has 0 radical (unpaired) electrons. The van der Waals surface area contributed by atoms with Gasteiger partial charge < -0.3 is 20.1 Å². The van der Waals surface area contributed by atoms with Crippen LogP contribution in [0.2, 0.25) is 0 Å². The number of carbonyl (C=O) groups is 2. The Hall–Kier alpha value is -2.38. The molecule has 1 aromatic heterocycles. The van der Waals surface area contributed by atoms with Gasteiger partial charge in [0, 0.05) is 51.0 Å². The maximum atomic E-state index is 12.7. The van der Waals surface area contributed by atoms with E-state index in [1.807, 2.05) is 4.90 Å². The predicted octanol–water partition coefficient (Wildman–Crippen LogP) is -0.0441. The summed E-state index contributed by atoms with van der Waals surface area (Å²) in [6.07, 6.45) is 7.64. The third-order valence-electron chi connectivity index (χ3n) is 5.81. The lowest BCUT2D eigenvalue weighted by molar-refractivity contribution is -0.130. The average molecular weight is 359 g/mol. The topological polar surface area (TPSA) is 102 Å². The van der Waals surface area contributed by atoms with Gasteiger partial charge in [0.2, 0.25) is 11.8 Å². The SMILES string of the molecule is NC(=O)C1CC(=O)N(C2CCN(c3nccn(CC4CC4)c3=O)CC2)C1. The molecule has 0 bridgehead atoms. The smallest absolute Gasteiger partial charge is 0.293 e. The van der Waals surface area contributed by atoms with Crippen LogP contribution in [0.1, 0.15) is 32.1 Å². The van der Waals surface area contributed by atoms with Gasteiger partial charge in [-0.1, -0.05) is 0 Å². The first-order chi connectivity index (χ1) is 12.5. The Morgan fingerprint density at radius 1 is 1.19 bits per heavy atom. The Morgan fingerprint density at radius 3 is 2.54 bits per heavy atom. The molecule has 2 saturated heterocycles. The number of aromatic nitrogens is 2. The molecule has 1 saturated carbocycles. The van der Waals surface area contributed by atoms with E-state index in [9.17, 15) is 14.4 Å². The molecule has 2 amide bonds. The third-order valence-corrected chi connectivity index (χ3v) is 5.81. The Balaban J connectivity index is 1.40. The molecule has 140 valence electrons. The number of piperidine rings is 1.